The van der Waals surface area contributed by atoms with Gasteiger partial charge in [-0.15, -0.1) is 0 Å². The molecule has 0 amide bonds. The SMILES string of the molecule is OC(Cc1ccc(Cl)cc1F)c1ccncc1F. The molecule has 2 nitrogen and oxygen atoms in total. The summed E-state index contributed by atoms with van der Waals surface area (Å²) in [6.45, 7) is 0. The number of aliphatic hydroxyl groups excluding tert-OH is 1. The van der Waals surface area contributed by atoms with E-state index in [2.05, 4.69) is 4.98 Å². The number of halogens is 3. The van der Waals surface area contributed by atoms with Crippen LogP contribution < -0.4 is 0 Å². The highest BCUT2D eigenvalue weighted by molar-refractivity contribution is 6.30. The molecule has 0 bridgehead atoms. The third-order valence-corrected chi connectivity index (χ3v) is 2.83. The van der Waals surface area contributed by atoms with E-state index in [1.165, 1.54) is 24.4 Å². The Kier molecular flexibility index (Phi) is 3.89. The van der Waals surface area contributed by atoms with Crippen molar-refractivity contribution in [1.82, 2.24) is 4.98 Å². The highest BCUT2D eigenvalue weighted by Gasteiger charge is 2.15. The van der Waals surface area contributed by atoms with Crippen molar-refractivity contribution >= 4 is 11.6 Å². The zero-order valence-corrected chi connectivity index (χ0v) is 10.0. The van der Waals surface area contributed by atoms with Gasteiger partial charge in [-0.3, -0.25) is 4.98 Å². The lowest BCUT2D eigenvalue weighted by atomic mass is 10.0. The maximum atomic E-state index is 13.5. The largest absolute Gasteiger partial charge is 0.388 e. The van der Waals surface area contributed by atoms with Crippen molar-refractivity contribution < 1.29 is 13.9 Å². The van der Waals surface area contributed by atoms with Crippen LogP contribution in [0.1, 0.15) is 17.2 Å². The van der Waals surface area contributed by atoms with Crippen molar-refractivity contribution in [3.05, 3.63) is 64.4 Å². The Labute approximate surface area is 108 Å². The van der Waals surface area contributed by atoms with E-state index >= 15 is 0 Å². The second-order valence-electron chi connectivity index (χ2n) is 3.85. The van der Waals surface area contributed by atoms with Crippen LogP contribution in [-0.4, -0.2) is 10.1 Å². The van der Waals surface area contributed by atoms with Crippen molar-refractivity contribution in [2.75, 3.05) is 0 Å². The standard InChI is InChI=1S/C13H10ClF2NO/c14-9-2-1-8(11(15)6-9)5-13(18)10-3-4-17-7-12(10)16/h1-4,6-7,13,18H,5H2. The zero-order valence-electron chi connectivity index (χ0n) is 9.28. The van der Waals surface area contributed by atoms with E-state index in [-0.39, 0.29) is 22.6 Å². The second kappa shape index (κ2) is 5.42. The van der Waals surface area contributed by atoms with Crippen molar-refractivity contribution in [2.24, 2.45) is 0 Å². The van der Waals surface area contributed by atoms with E-state index < -0.39 is 17.7 Å². The Hall–Kier alpha value is -1.52. The van der Waals surface area contributed by atoms with Crippen LogP contribution in [-0.2, 0) is 6.42 Å². The van der Waals surface area contributed by atoms with E-state index in [1.807, 2.05) is 0 Å². The Balaban J connectivity index is 2.21. The molecule has 0 aliphatic heterocycles. The molecule has 0 aliphatic carbocycles. The fourth-order valence-corrected chi connectivity index (χ4v) is 1.82. The molecule has 5 heteroatoms. The third-order valence-electron chi connectivity index (χ3n) is 2.59. The molecule has 1 atom stereocenters. The predicted molar refractivity (Wildman–Crippen MR) is 64.3 cm³/mol. The molecule has 1 heterocycles. The molecule has 0 fully saturated rings. The molecule has 1 unspecified atom stereocenters. The summed E-state index contributed by atoms with van der Waals surface area (Å²) < 4.78 is 26.9. The monoisotopic (exact) mass is 269 g/mol. The quantitative estimate of drug-likeness (QED) is 0.927. The lowest BCUT2D eigenvalue weighted by molar-refractivity contribution is 0.172. The molecule has 0 saturated heterocycles. The highest BCUT2D eigenvalue weighted by atomic mass is 35.5. The van der Waals surface area contributed by atoms with Gasteiger partial charge >= 0.3 is 0 Å². The van der Waals surface area contributed by atoms with Crippen LogP contribution >= 0.6 is 11.6 Å². The van der Waals surface area contributed by atoms with Gasteiger partial charge in [0.15, 0.2) is 0 Å². The number of rotatable bonds is 3. The van der Waals surface area contributed by atoms with E-state index in [0.29, 0.717) is 0 Å². The fraction of sp³-hybridized carbons (Fsp3) is 0.154. The summed E-state index contributed by atoms with van der Waals surface area (Å²) in [5, 5.41) is 10.2. The van der Waals surface area contributed by atoms with Gasteiger partial charge in [-0.2, -0.15) is 0 Å². The van der Waals surface area contributed by atoms with E-state index in [1.54, 1.807) is 0 Å². The van der Waals surface area contributed by atoms with Gasteiger partial charge in [0.05, 0.1) is 12.3 Å². The lowest BCUT2D eigenvalue weighted by Crippen LogP contribution is -2.06. The molecule has 2 aromatic rings. The first-order valence-corrected chi connectivity index (χ1v) is 5.67. The maximum Gasteiger partial charge on any atom is 0.147 e. The molecule has 1 aromatic heterocycles. The van der Waals surface area contributed by atoms with E-state index in [4.69, 9.17) is 11.6 Å². The summed E-state index contributed by atoms with van der Waals surface area (Å²) in [7, 11) is 0. The molecule has 1 N–H and O–H groups in total. The van der Waals surface area contributed by atoms with Crippen molar-refractivity contribution in [3.63, 3.8) is 0 Å². The molecule has 0 saturated carbocycles. The minimum absolute atomic E-state index is 0.0239. The van der Waals surface area contributed by atoms with Crippen LogP contribution in [0.2, 0.25) is 5.02 Å². The number of aromatic nitrogens is 1. The van der Waals surface area contributed by atoms with Crippen molar-refractivity contribution in [1.29, 1.82) is 0 Å². The molecular weight excluding hydrogens is 260 g/mol. The first-order chi connectivity index (χ1) is 8.58. The van der Waals surface area contributed by atoms with Crippen LogP contribution in [0.15, 0.2) is 36.7 Å². The van der Waals surface area contributed by atoms with Gasteiger partial charge in [0.1, 0.15) is 11.6 Å². The van der Waals surface area contributed by atoms with Gasteiger partial charge in [0.2, 0.25) is 0 Å². The van der Waals surface area contributed by atoms with Crippen LogP contribution in [0.25, 0.3) is 0 Å². The minimum Gasteiger partial charge on any atom is -0.388 e. The molecule has 0 aliphatic rings. The predicted octanol–water partition coefficient (Wildman–Crippen LogP) is 3.29. The minimum atomic E-state index is -1.12. The number of benzene rings is 1. The average molecular weight is 270 g/mol. The smallest absolute Gasteiger partial charge is 0.147 e. The molecule has 1 aromatic carbocycles. The molecule has 0 radical (unpaired) electrons. The Morgan fingerprint density at radius 2 is 2.00 bits per heavy atom. The molecule has 0 spiro atoms. The van der Waals surface area contributed by atoms with Gasteiger partial charge in [-0.25, -0.2) is 8.78 Å². The van der Waals surface area contributed by atoms with Crippen LogP contribution in [0.5, 0.6) is 0 Å². The Morgan fingerprint density at radius 3 is 2.67 bits per heavy atom. The highest BCUT2D eigenvalue weighted by Crippen LogP contribution is 2.23. The number of aliphatic hydroxyl groups is 1. The lowest BCUT2D eigenvalue weighted by Gasteiger charge is -2.12. The van der Waals surface area contributed by atoms with Gasteiger partial charge in [-0.05, 0) is 23.8 Å². The number of hydrogen-bond acceptors (Lipinski definition) is 2. The Morgan fingerprint density at radius 1 is 1.22 bits per heavy atom. The number of nitrogens with zero attached hydrogens (tertiary/aromatic N) is 1. The summed E-state index contributed by atoms with van der Waals surface area (Å²) in [6.07, 6.45) is 1.24. The van der Waals surface area contributed by atoms with Crippen LogP contribution in [0.3, 0.4) is 0 Å². The Bertz CT molecular complexity index is 562. The number of pyridine rings is 1. The van der Waals surface area contributed by atoms with Gasteiger partial charge in [0, 0.05) is 23.2 Å². The first-order valence-electron chi connectivity index (χ1n) is 5.29. The van der Waals surface area contributed by atoms with Gasteiger partial charge < -0.3 is 5.11 Å². The maximum absolute atomic E-state index is 13.5. The van der Waals surface area contributed by atoms with Crippen LogP contribution in [0.4, 0.5) is 8.78 Å². The fourth-order valence-electron chi connectivity index (χ4n) is 1.66. The van der Waals surface area contributed by atoms with Crippen LogP contribution in [0, 0.1) is 11.6 Å². The average Bonchev–Trinajstić information content (AvgIpc) is 2.33. The number of hydrogen-bond donors (Lipinski definition) is 1. The summed E-state index contributed by atoms with van der Waals surface area (Å²) >= 11 is 5.62. The summed E-state index contributed by atoms with van der Waals surface area (Å²) in [5.74, 6) is -1.13. The zero-order chi connectivity index (χ0) is 13.1. The molecule has 2 rings (SSSR count). The third kappa shape index (κ3) is 2.83. The van der Waals surface area contributed by atoms with Gasteiger partial charge in [-0.1, -0.05) is 17.7 Å². The first kappa shape index (κ1) is 12.9. The summed E-state index contributed by atoms with van der Waals surface area (Å²) in [4.78, 5) is 3.59. The van der Waals surface area contributed by atoms with Gasteiger partial charge in [0.25, 0.3) is 0 Å². The molecule has 18 heavy (non-hydrogen) atoms. The summed E-state index contributed by atoms with van der Waals surface area (Å²) in [5.41, 5.74) is 0.377. The topological polar surface area (TPSA) is 33.1 Å². The van der Waals surface area contributed by atoms with E-state index in [0.717, 1.165) is 12.3 Å². The molecule has 94 valence electrons. The second-order valence-corrected chi connectivity index (χ2v) is 4.29. The molecular formula is C13H10ClF2NO. The van der Waals surface area contributed by atoms with Crippen molar-refractivity contribution in [2.45, 2.75) is 12.5 Å². The van der Waals surface area contributed by atoms with Crippen molar-refractivity contribution in [3.8, 4) is 0 Å². The normalized spacial score (nSPS) is 12.4. The van der Waals surface area contributed by atoms with E-state index in [9.17, 15) is 13.9 Å². The summed E-state index contributed by atoms with van der Waals surface area (Å²) in [6, 6.07) is 5.52.